The molecule has 0 unspecified atom stereocenters. The predicted octanol–water partition coefficient (Wildman–Crippen LogP) is 2.13. The Morgan fingerprint density at radius 3 is 2.13 bits per heavy atom. The van der Waals surface area contributed by atoms with Crippen molar-refractivity contribution in [3.8, 4) is 0 Å². The summed E-state index contributed by atoms with van der Waals surface area (Å²) >= 11 is 0. The van der Waals surface area contributed by atoms with E-state index < -0.39 is 18.8 Å². The van der Waals surface area contributed by atoms with Gasteiger partial charge in [-0.1, -0.05) is 12.8 Å². The van der Waals surface area contributed by atoms with Gasteiger partial charge in [0.2, 0.25) is 0 Å². The van der Waals surface area contributed by atoms with Crippen molar-refractivity contribution in [3.05, 3.63) is 0 Å². The first-order valence-corrected chi connectivity index (χ1v) is 5.08. The molecule has 0 aromatic heterocycles. The highest BCUT2D eigenvalue weighted by Crippen LogP contribution is 2.13. The molecule has 1 aliphatic rings. The molecule has 0 bridgehead atoms. The van der Waals surface area contributed by atoms with Crippen LogP contribution in [0.3, 0.4) is 0 Å². The van der Waals surface area contributed by atoms with Crippen LogP contribution in [0.1, 0.15) is 25.7 Å². The van der Waals surface area contributed by atoms with Crippen molar-refractivity contribution >= 4 is 6.03 Å². The van der Waals surface area contributed by atoms with Crippen molar-refractivity contribution in [3.63, 3.8) is 0 Å². The topological polar surface area (TPSA) is 32.3 Å². The van der Waals surface area contributed by atoms with E-state index in [0.29, 0.717) is 13.1 Å². The van der Waals surface area contributed by atoms with Gasteiger partial charge in [-0.3, -0.25) is 0 Å². The van der Waals surface area contributed by atoms with E-state index >= 15 is 0 Å². The summed E-state index contributed by atoms with van der Waals surface area (Å²) in [5.41, 5.74) is 0. The molecule has 0 atom stereocenters. The van der Waals surface area contributed by atoms with Gasteiger partial charge in [-0.05, 0) is 12.8 Å². The Morgan fingerprint density at radius 2 is 1.67 bits per heavy atom. The summed E-state index contributed by atoms with van der Waals surface area (Å²) < 4.78 is 35.5. The summed E-state index contributed by atoms with van der Waals surface area (Å²) in [6.45, 7) is -0.129. The Morgan fingerprint density at radius 1 is 1.13 bits per heavy atom. The zero-order valence-electron chi connectivity index (χ0n) is 8.44. The molecule has 1 rings (SSSR count). The maximum Gasteiger partial charge on any atom is 0.405 e. The van der Waals surface area contributed by atoms with Crippen molar-refractivity contribution in [2.75, 3.05) is 19.6 Å². The van der Waals surface area contributed by atoms with Crippen molar-refractivity contribution in [1.29, 1.82) is 0 Å². The number of carbonyl (C=O) groups excluding carboxylic acids is 1. The van der Waals surface area contributed by atoms with Crippen LogP contribution in [0.5, 0.6) is 0 Å². The molecule has 1 aliphatic heterocycles. The van der Waals surface area contributed by atoms with Crippen LogP contribution >= 0.6 is 0 Å². The highest BCUT2D eigenvalue weighted by atomic mass is 19.4. The monoisotopic (exact) mass is 224 g/mol. The third kappa shape index (κ3) is 4.90. The van der Waals surface area contributed by atoms with E-state index in [1.807, 2.05) is 5.32 Å². The highest BCUT2D eigenvalue weighted by Gasteiger charge is 2.28. The minimum Gasteiger partial charge on any atom is -0.329 e. The Bertz CT molecular complexity index is 210. The van der Waals surface area contributed by atoms with E-state index in [-0.39, 0.29) is 0 Å². The lowest BCUT2D eigenvalue weighted by molar-refractivity contribution is -0.123. The fraction of sp³-hybridized carbons (Fsp3) is 0.889. The van der Waals surface area contributed by atoms with Crippen LogP contribution in [0.4, 0.5) is 18.0 Å². The molecular formula is C9H15F3N2O. The van der Waals surface area contributed by atoms with E-state index in [0.717, 1.165) is 25.7 Å². The molecule has 0 saturated carbocycles. The van der Waals surface area contributed by atoms with Crippen LogP contribution < -0.4 is 5.32 Å². The number of urea groups is 1. The van der Waals surface area contributed by atoms with Gasteiger partial charge in [0.1, 0.15) is 6.54 Å². The lowest BCUT2D eigenvalue weighted by Crippen LogP contribution is -2.44. The van der Waals surface area contributed by atoms with Crippen molar-refractivity contribution in [1.82, 2.24) is 10.2 Å². The van der Waals surface area contributed by atoms with Crippen LogP contribution in [-0.2, 0) is 0 Å². The Kier molecular flexibility index (Phi) is 4.23. The SMILES string of the molecule is O=C(NCC(F)(F)F)N1CCCCCC1. The first-order valence-electron chi connectivity index (χ1n) is 5.08. The van der Waals surface area contributed by atoms with Gasteiger partial charge in [0.05, 0.1) is 0 Å². The van der Waals surface area contributed by atoms with E-state index in [4.69, 9.17) is 0 Å². The second kappa shape index (κ2) is 5.23. The molecule has 88 valence electrons. The van der Waals surface area contributed by atoms with Crippen LogP contribution in [0.25, 0.3) is 0 Å². The lowest BCUT2D eigenvalue weighted by Gasteiger charge is -2.21. The minimum absolute atomic E-state index is 0.559. The number of amides is 2. The Balaban J connectivity index is 2.32. The van der Waals surface area contributed by atoms with Gasteiger partial charge in [-0.15, -0.1) is 0 Å². The second-order valence-electron chi connectivity index (χ2n) is 3.68. The molecule has 1 fully saturated rings. The number of halogens is 3. The van der Waals surface area contributed by atoms with Crippen LogP contribution in [0, 0.1) is 0 Å². The third-order valence-electron chi connectivity index (χ3n) is 2.33. The molecular weight excluding hydrogens is 209 g/mol. The van der Waals surface area contributed by atoms with Gasteiger partial charge >= 0.3 is 12.2 Å². The molecule has 2 amide bonds. The number of hydrogen-bond acceptors (Lipinski definition) is 1. The van der Waals surface area contributed by atoms with Gasteiger partial charge in [-0.25, -0.2) is 4.79 Å². The van der Waals surface area contributed by atoms with Crippen molar-refractivity contribution in [2.45, 2.75) is 31.9 Å². The average molecular weight is 224 g/mol. The molecule has 1 N–H and O–H groups in total. The van der Waals surface area contributed by atoms with Gasteiger partial charge in [0, 0.05) is 13.1 Å². The number of nitrogens with one attached hydrogen (secondary N) is 1. The molecule has 15 heavy (non-hydrogen) atoms. The highest BCUT2D eigenvalue weighted by molar-refractivity contribution is 5.74. The second-order valence-corrected chi connectivity index (χ2v) is 3.68. The zero-order valence-corrected chi connectivity index (χ0v) is 8.44. The summed E-state index contributed by atoms with van der Waals surface area (Å²) in [5.74, 6) is 0. The lowest BCUT2D eigenvalue weighted by atomic mass is 10.2. The summed E-state index contributed by atoms with van der Waals surface area (Å²) in [6.07, 6.45) is -0.494. The minimum atomic E-state index is -4.33. The first kappa shape index (κ1) is 12.1. The molecule has 6 heteroatoms. The number of rotatable bonds is 1. The smallest absolute Gasteiger partial charge is 0.329 e. The summed E-state index contributed by atoms with van der Waals surface area (Å²) in [4.78, 5) is 12.8. The molecule has 1 heterocycles. The number of alkyl halides is 3. The quantitative estimate of drug-likeness (QED) is 0.727. The van der Waals surface area contributed by atoms with Crippen molar-refractivity contribution < 1.29 is 18.0 Å². The van der Waals surface area contributed by atoms with E-state index in [9.17, 15) is 18.0 Å². The molecule has 0 aromatic carbocycles. The molecule has 3 nitrogen and oxygen atoms in total. The number of likely N-dealkylation sites (tertiary alicyclic amines) is 1. The molecule has 0 spiro atoms. The predicted molar refractivity (Wildman–Crippen MR) is 49.5 cm³/mol. The number of hydrogen-bond donors (Lipinski definition) is 1. The fourth-order valence-electron chi connectivity index (χ4n) is 1.56. The van der Waals surface area contributed by atoms with Crippen LogP contribution in [-0.4, -0.2) is 36.7 Å². The number of carbonyl (C=O) groups is 1. The Labute approximate surface area is 86.6 Å². The van der Waals surface area contributed by atoms with E-state index in [2.05, 4.69) is 0 Å². The van der Waals surface area contributed by atoms with Gasteiger partial charge in [-0.2, -0.15) is 13.2 Å². The molecule has 0 radical (unpaired) electrons. The average Bonchev–Trinajstić information content (AvgIpc) is 2.41. The fourth-order valence-corrected chi connectivity index (χ4v) is 1.56. The zero-order chi connectivity index (χ0) is 11.3. The standard InChI is InChI=1S/C9H15F3N2O/c10-9(11,12)7-13-8(15)14-5-3-1-2-4-6-14/h1-7H2,(H,13,15). The van der Waals surface area contributed by atoms with Crippen LogP contribution in [0.2, 0.25) is 0 Å². The normalized spacial score (nSPS) is 18.5. The number of nitrogens with zero attached hydrogens (tertiary/aromatic N) is 1. The molecule has 0 aliphatic carbocycles. The van der Waals surface area contributed by atoms with E-state index in [1.54, 1.807) is 0 Å². The summed E-state index contributed by atoms with van der Waals surface area (Å²) in [5, 5.41) is 1.88. The maximum atomic E-state index is 11.8. The maximum absolute atomic E-state index is 11.8. The molecule has 0 aromatic rings. The summed E-state index contributed by atoms with van der Waals surface area (Å²) in [7, 11) is 0. The third-order valence-corrected chi connectivity index (χ3v) is 2.33. The Hall–Kier alpha value is -0.940. The molecule has 1 saturated heterocycles. The first-order chi connectivity index (χ1) is 6.99. The van der Waals surface area contributed by atoms with Crippen LogP contribution in [0.15, 0.2) is 0 Å². The van der Waals surface area contributed by atoms with E-state index in [1.165, 1.54) is 4.90 Å². The van der Waals surface area contributed by atoms with Gasteiger partial charge < -0.3 is 10.2 Å². The van der Waals surface area contributed by atoms with Crippen molar-refractivity contribution in [2.24, 2.45) is 0 Å². The van der Waals surface area contributed by atoms with Gasteiger partial charge in [0.15, 0.2) is 0 Å². The van der Waals surface area contributed by atoms with Gasteiger partial charge in [0.25, 0.3) is 0 Å². The largest absolute Gasteiger partial charge is 0.405 e. The summed E-state index contributed by atoms with van der Waals surface area (Å²) in [6, 6.07) is -0.603.